The van der Waals surface area contributed by atoms with Crippen LogP contribution in [0.5, 0.6) is 5.75 Å². The van der Waals surface area contributed by atoms with E-state index < -0.39 is 15.9 Å². The molecule has 7 heteroatoms. The summed E-state index contributed by atoms with van der Waals surface area (Å²) in [4.78, 5) is 12.9. The van der Waals surface area contributed by atoms with E-state index >= 15 is 0 Å². The minimum Gasteiger partial charge on any atom is -0.492 e. The maximum absolute atomic E-state index is 13.4. The van der Waals surface area contributed by atoms with E-state index in [-0.39, 0.29) is 24.6 Å². The molecule has 0 atom stereocenters. The van der Waals surface area contributed by atoms with Crippen molar-refractivity contribution in [1.82, 2.24) is 5.32 Å². The van der Waals surface area contributed by atoms with E-state index in [1.807, 2.05) is 58.0 Å². The zero-order valence-corrected chi connectivity index (χ0v) is 20.3. The Bertz CT molecular complexity index is 1220. The fraction of sp³-hybridized carbons (Fsp3) is 0.269. The topological polar surface area (TPSA) is 75.7 Å². The molecule has 0 aliphatic rings. The lowest BCUT2D eigenvalue weighted by Gasteiger charge is -2.26. The quantitative estimate of drug-likeness (QED) is 0.477. The Morgan fingerprint density at radius 2 is 1.61 bits per heavy atom. The third-order valence-corrected chi connectivity index (χ3v) is 7.18. The van der Waals surface area contributed by atoms with E-state index in [9.17, 15) is 13.2 Å². The van der Waals surface area contributed by atoms with Gasteiger partial charge in [-0.2, -0.15) is 0 Å². The van der Waals surface area contributed by atoms with Gasteiger partial charge in [-0.25, -0.2) is 8.42 Å². The van der Waals surface area contributed by atoms with Crippen LogP contribution in [0.15, 0.2) is 71.6 Å². The van der Waals surface area contributed by atoms with Gasteiger partial charge in [0, 0.05) is 0 Å². The standard InChI is InChI=1S/C26H30N2O4S/c1-19-10-13-25(22(4)16-19)28(33(30,31)24-8-6-5-7-9-24)18-26(29)27-14-15-32-23-12-11-20(2)21(3)17-23/h5-13,16-17H,14-15,18H2,1-4H3,(H,27,29). The fourth-order valence-electron chi connectivity index (χ4n) is 3.45. The van der Waals surface area contributed by atoms with E-state index in [0.717, 1.165) is 26.7 Å². The second-order valence-electron chi connectivity index (χ2n) is 8.06. The average Bonchev–Trinajstić information content (AvgIpc) is 2.78. The number of hydrogen-bond acceptors (Lipinski definition) is 4. The minimum atomic E-state index is -3.93. The molecule has 3 rings (SSSR count). The second-order valence-corrected chi connectivity index (χ2v) is 9.92. The smallest absolute Gasteiger partial charge is 0.264 e. The first-order valence-corrected chi connectivity index (χ1v) is 12.2. The van der Waals surface area contributed by atoms with Gasteiger partial charge in [0.25, 0.3) is 10.0 Å². The highest BCUT2D eigenvalue weighted by atomic mass is 32.2. The van der Waals surface area contributed by atoms with Crippen LogP contribution in [0.2, 0.25) is 0 Å². The maximum atomic E-state index is 13.4. The summed E-state index contributed by atoms with van der Waals surface area (Å²) >= 11 is 0. The lowest BCUT2D eigenvalue weighted by Crippen LogP contribution is -2.42. The van der Waals surface area contributed by atoms with Crippen LogP contribution in [0, 0.1) is 27.7 Å². The molecule has 0 aliphatic heterocycles. The molecule has 0 radical (unpaired) electrons. The number of ether oxygens (including phenoxy) is 1. The molecule has 0 fully saturated rings. The Morgan fingerprint density at radius 3 is 2.27 bits per heavy atom. The highest BCUT2D eigenvalue weighted by Gasteiger charge is 2.28. The van der Waals surface area contributed by atoms with E-state index in [4.69, 9.17) is 4.74 Å². The van der Waals surface area contributed by atoms with Crippen LogP contribution in [0.4, 0.5) is 5.69 Å². The Hall–Kier alpha value is -3.32. The zero-order chi connectivity index (χ0) is 24.0. The molecular weight excluding hydrogens is 436 g/mol. The van der Waals surface area contributed by atoms with Crippen molar-refractivity contribution in [1.29, 1.82) is 0 Å². The number of carbonyl (C=O) groups excluding carboxylic acids is 1. The molecule has 0 saturated carbocycles. The molecule has 3 aromatic rings. The van der Waals surface area contributed by atoms with Crippen LogP contribution in [0.3, 0.4) is 0 Å². The lowest BCUT2D eigenvalue weighted by molar-refractivity contribution is -0.119. The SMILES string of the molecule is Cc1ccc(N(CC(=O)NCCOc2ccc(C)c(C)c2)S(=O)(=O)c2ccccc2)c(C)c1. The first-order chi connectivity index (χ1) is 15.7. The molecule has 0 bridgehead atoms. The molecule has 0 aromatic heterocycles. The molecule has 1 amide bonds. The second kappa shape index (κ2) is 10.5. The Labute approximate surface area is 196 Å². The molecular formula is C26H30N2O4S. The van der Waals surface area contributed by atoms with Crippen molar-refractivity contribution in [2.24, 2.45) is 0 Å². The molecule has 1 N–H and O–H groups in total. The largest absolute Gasteiger partial charge is 0.492 e. The normalized spacial score (nSPS) is 11.2. The molecule has 0 unspecified atom stereocenters. The number of hydrogen-bond donors (Lipinski definition) is 1. The summed E-state index contributed by atoms with van der Waals surface area (Å²) < 4.78 is 33.7. The summed E-state index contributed by atoms with van der Waals surface area (Å²) in [5.74, 6) is 0.328. The molecule has 174 valence electrons. The number of nitrogens with one attached hydrogen (secondary N) is 1. The van der Waals surface area contributed by atoms with Crippen LogP contribution in [0.25, 0.3) is 0 Å². The van der Waals surface area contributed by atoms with Crippen LogP contribution in [0.1, 0.15) is 22.3 Å². The van der Waals surface area contributed by atoms with Crippen LogP contribution < -0.4 is 14.4 Å². The van der Waals surface area contributed by atoms with Crippen molar-refractivity contribution in [2.45, 2.75) is 32.6 Å². The Balaban J connectivity index is 1.71. The third-order valence-electron chi connectivity index (χ3n) is 5.41. The summed E-state index contributed by atoms with van der Waals surface area (Å²) in [5.41, 5.74) is 4.58. The van der Waals surface area contributed by atoms with Crippen molar-refractivity contribution in [3.63, 3.8) is 0 Å². The van der Waals surface area contributed by atoms with Gasteiger partial charge in [-0.15, -0.1) is 0 Å². The fourth-order valence-corrected chi connectivity index (χ4v) is 4.96. The monoisotopic (exact) mass is 466 g/mol. The van der Waals surface area contributed by atoms with Gasteiger partial charge in [0.05, 0.1) is 17.1 Å². The summed E-state index contributed by atoms with van der Waals surface area (Å²) in [6.07, 6.45) is 0. The van der Waals surface area contributed by atoms with Gasteiger partial charge in [-0.05, 0) is 74.7 Å². The minimum absolute atomic E-state index is 0.135. The number of aryl methyl sites for hydroxylation is 4. The summed E-state index contributed by atoms with van der Waals surface area (Å²) in [6, 6.07) is 19.4. The van der Waals surface area contributed by atoms with E-state index in [2.05, 4.69) is 5.32 Å². The van der Waals surface area contributed by atoms with Crippen molar-refractivity contribution in [3.8, 4) is 5.75 Å². The van der Waals surface area contributed by atoms with Gasteiger partial charge >= 0.3 is 0 Å². The van der Waals surface area contributed by atoms with Crippen molar-refractivity contribution in [2.75, 3.05) is 24.0 Å². The van der Waals surface area contributed by atoms with Gasteiger partial charge in [0.2, 0.25) is 5.91 Å². The number of benzene rings is 3. The number of anilines is 1. The number of sulfonamides is 1. The van der Waals surface area contributed by atoms with Crippen molar-refractivity contribution < 1.29 is 17.9 Å². The highest BCUT2D eigenvalue weighted by molar-refractivity contribution is 7.92. The first-order valence-electron chi connectivity index (χ1n) is 10.8. The van der Waals surface area contributed by atoms with Gasteiger partial charge in [0.1, 0.15) is 18.9 Å². The predicted molar refractivity (Wildman–Crippen MR) is 131 cm³/mol. The van der Waals surface area contributed by atoms with Crippen LogP contribution in [-0.4, -0.2) is 34.0 Å². The van der Waals surface area contributed by atoms with E-state index in [1.54, 1.807) is 24.3 Å². The average molecular weight is 467 g/mol. The number of carbonyl (C=O) groups is 1. The predicted octanol–water partition coefficient (Wildman–Crippen LogP) is 4.31. The van der Waals surface area contributed by atoms with Gasteiger partial charge in [-0.3, -0.25) is 9.10 Å². The molecule has 33 heavy (non-hydrogen) atoms. The van der Waals surface area contributed by atoms with Gasteiger partial charge < -0.3 is 10.1 Å². The lowest BCUT2D eigenvalue weighted by atomic mass is 10.1. The molecule has 0 heterocycles. The number of amides is 1. The molecule has 0 saturated heterocycles. The Morgan fingerprint density at radius 1 is 0.879 bits per heavy atom. The van der Waals surface area contributed by atoms with Crippen molar-refractivity contribution >= 4 is 21.6 Å². The van der Waals surface area contributed by atoms with Gasteiger partial charge in [0.15, 0.2) is 0 Å². The van der Waals surface area contributed by atoms with Crippen molar-refractivity contribution in [3.05, 3.63) is 89.0 Å². The molecule has 0 spiro atoms. The summed E-state index contributed by atoms with van der Waals surface area (Å²) in [7, 11) is -3.93. The number of nitrogens with zero attached hydrogens (tertiary/aromatic N) is 1. The molecule has 3 aromatic carbocycles. The third kappa shape index (κ3) is 6.14. The van der Waals surface area contributed by atoms with Crippen LogP contribution >= 0.6 is 0 Å². The molecule has 6 nitrogen and oxygen atoms in total. The molecule has 0 aliphatic carbocycles. The van der Waals surface area contributed by atoms with E-state index in [0.29, 0.717) is 5.69 Å². The summed E-state index contributed by atoms with van der Waals surface area (Å²) in [5, 5.41) is 2.76. The zero-order valence-electron chi connectivity index (χ0n) is 19.5. The summed E-state index contributed by atoms with van der Waals surface area (Å²) in [6.45, 7) is 8.04. The first kappa shape index (κ1) is 24.3. The maximum Gasteiger partial charge on any atom is 0.264 e. The Kier molecular flexibility index (Phi) is 7.76. The van der Waals surface area contributed by atoms with Gasteiger partial charge in [-0.1, -0.05) is 42.0 Å². The highest BCUT2D eigenvalue weighted by Crippen LogP contribution is 2.27. The van der Waals surface area contributed by atoms with E-state index in [1.165, 1.54) is 17.7 Å². The van der Waals surface area contributed by atoms with Crippen LogP contribution in [-0.2, 0) is 14.8 Å². The number of rotatable bonds is 9.